The van der Waals surface area contributed by atoms with Crippen LogP contribution in [0.5, 0.6) is 11.5 Å². The van der Waals surface area contributed by atoms with Gasteiger partial charge in [-0.05, 0) is 55.6 Å². The van der Waals surface area contributed by atoms with Gasteiger partial charge in [-0.3, -0.25) is 9.89 Å². The lowest BCUT2D eigenvalue weighted by Crippen LogP contribution is -2.42. The molecule has 0 unspecified atom stereocenters. The average Bonchev–Trinajstić information content (AvgIpc) is 2.81. The van der Waals surface area contributed by atoms with E-state index in [1.165, 1.54) is 5.56 Å². The summed E-state index contributed by atoms with van der Waals surface area (Å²) >= 11 is 0. The molecule has 1 heterocycles. The molecule has 1 aliphatic heterocycles. The molecule has 0 radical (unpaired) electrons. The molecule has 1 saturated heterocycles. The van der Waals surface area contributed by atoms with Crippen LogP contribution in [0.4, 0.5) is 8.78 Å². The molecule has 9 heteroatoms. The van der Waals surface area contributed by atoms with Gasteiger partial charge in [0.15, 0.2) is 5.96 Å². The Kier molecular flexibility index (Phi) is 11.7. The highest BCUT2D eigenvalue weighted by Gasteiger charge is 2.19. The molecule has 0 saturated carbocycles. The van der Waals surface area contributed by atoms with E-state index in [-0.39, 0.29) is 29.7 Å². The fourth-order valence-corrected chi connectivity index (χ4v) is 3.84. The summed E-state index contributed by atoms with van der Waals surface area (Å²) in [6.45, 7) is 1.40. The summed E-state index contributed by atoms with van der Waals surface area (Å²) in [7, 11) is 3.38. The fourth-order valence-electron chi connectivity index (χ4n) is 3.84. The molecule has 1 fully saturated rings. The number of ether oxygens (including phenoxy) is 2. The number of nitrogens with zero attached hydrogens (tertiary/aromatic N) is 2. The quantitative estimate of drug-likeness (QED) is 0.263. The second kappa shape index (κ2) is 14.2. The maximum absolute atomic E-state index is 12.6. The Morgan fingerprint density at radius 3 is 2.42 bits per heavy atom. The molecule has 3 rings (SSSR count). The third-order valence-electron chi connectivity index (χ3n) is 5.69. The zero-order chi connectivity index (χ0) is 22.8. The van der Waals surface area contributed by atoms with E-state index < -0.39 is 6.61 Å². The number of piperidine rings is 1. The fraction of sp³-hybridized carbons (Fsp3) is 0.458. The monoisotopic (exact) mass is 574 g/mol. The van der Waals surface area contributed by atoms with E-state index in [0.717, 1.165) is 44.8 Å². The Morgan fingerprint density at radius 2 is 1.79 bits per heavy atom. The molecular formula is C24H33F2IN4O2. The molecule has 1 aliphatic rings. The van der Waals surface area contributed by atoms with E-state index in [2.05, 4.69) is 37.4 Å². The molecule has 0 aliphatic carbocycles. The molecule has 0 aromatic heterocycles. The predicted octanol–water partition coefficient (Wildman–Crippen LogP) is 4.49. The standard InChI is InChI=1S/C24H32F2N4O2.HI/c1-27-24(29-16-20-5-3-4-6-22(20)32-23(25)26)28-15-18-11-13-30(14-12-18)17-19-7-9-21(31-2)10-8-19;/h3-10,18,23H,11-17H2,1-2H3,(H2,27,28,29);1H. The first-order valence-corrected chi connectivity index (χ1v) is 10.9. The van der Waals surface area contributed by atoms with Crippen LogP contribution in [-0.4, -0.2) is 51.3 Å². The topological polar surface area (TPSA) is 58.1 Å². The maximum atomic E-state index is 12.6. The van der Waals surface area contributed by atoms with Crippen molar-refractivity contribution in [1.82, 2.24) is 15.5 Å². The van der Waals surface area contributed by atoms with Crippen molar-refractivity contribution >= 4 is 29.9 Å². The Balaban J connectivity index is 0.00000385. The van der Waals surface area contributed by atoms with Crippen LogP contribution in [-0.2, 0) is 13.1 Å². The number of hydrogen-bond acceptors (Lipinski definition) is 4. The lowest BCUT2D eigenvalue weighted by Gasteiger charge is -2.32. The number of para-hydroxylation sites is 1. The third kappa shape index (κ3) is 8.96. The molecule has 0 spiro atoms. The first kappa shape index (κ1) is 27.1. The van der Waals surface area contributed by atoms with E-state index in [9.17, 15) is 8.78 Å². The summed E-state index contributed by atoms with van der Waals surface area (Å²) in [4.78, 5) is 6.73. The summed E-state index contributed by atoms with van der Waals surface area (Å²) in [6.07, 6.45) is 2.23. The molecule has 2 aromatic rings. The first-order chi connectivity index (χ1) is 15.6. The highest BCUT2D eigenvalue weighted by molar-refractivity contribution is 14.0. The largest absolute Gasteiger partial charge is 0.497 e. The van der Waals surface area contributed by atoms with Crippen LogP contribution < -0.4 is 20.1 Å². The van der Waals surface area contributed by atoms with Crippen molar-refractivity contribution in [3.8, 4) is 11.5 Å². The van der Waals surface area contributed by atoms with E-state index in [0.29, 0.717) is 24.0 Å². The highest BCUT2D eigenvalue weighted by atomic mass is 127. The summed E-state index contributed by atoms with van der Waals surface area (Å²) in [5.74, 6) is 2.27. The van der Waals surface area contributed by atoms with Gasteiger partial charge in [0.2, 0.25) is 0 Å². The smallest absolute Gasteiger partial charge is 0.387 e. The van der Waals surface area contributed by atoms with Crippen molar-refractivity contribution in [2.24, 2.45) is 10.9 Å². The molecule has 0 bridgehead atoms. The highest BCUT2D eigenvalue weighted by Crippen LogP contribution is 2.21. The van der Waals surface area contributed by atoms with E-state index in [4.69, 9.17) is 4.74 Å². The van der Waals surface area contributed by atoms with Gasteiger partial charge in [0.05, 0.1) is 7.11 Å². The second-order valence-electron chi connectivity index (χ2n) is 7.86. The summed E-state index contributed by atoms with van der Waals surface area (Å²) in [5.41, 5.74) is 1.95. The number of aliphatic imine (C=N–C) groups is 1. The Labute approximate surface area is 211 Å². The van der Waals surface area contributed by atoms with Crippen LogP contribution in [0.1, 0.15) is 24.0 Å². The number of hydrogen-bond donors (Lipinski definition) is 2. The van der Waals surface area contributed by atoms with Crippen LogP contribution in [0.25, 0.3) is 0 Å². The van der Waals surface area contributed by atoms with Crippen molar-refractivity contribution in [3.63, 3.8) is 0 Å². The van der Waals surface area contributed by atoms with Gasteiger partial charge in [-0.1, -0.05) is 30.3 Å². The van der Waals surface area contributed by atoms with Gasteiger partial charge in [-0.25, -0.2) is 0 Å². The van der Waals surface area contributed by atoms with Crippen LogP contribution in [0, 0.1) is 5.92 Å². The molecule has 0 amide bonds. The van der Waals surface area contributed by atoms with E-state index in [1.807, 2.05) is 12.1 Å². The molecular weight excluding hydrogens is 541 g/mol. The normalized spacial score (nSPS) is 15.1. The molecule has 182 valence electrons. The summed E-state index contributed by atoms with van der Waals surface area (Å²) in [6, 6.07) is 15.0. The van der Waals surface area contributed by atoms with Gasteiger partial charge in [0, 0.05) is 32.2 Å². The number of halogens is 3. The van der Waals surface area contributed by atoms with Crippen molar-refractivity contribution in [1.29, 1.82) is 0 Å². The molecule has 6 nitrogen and oxygen atoms in total. The molecule has 2 aromatic carbocycles. The minimum atomic E-state index is -2.84. The van der Waals surface area contributed by atoms with Crippen molar-refractivity contribution in [2.45, 2.75) is 32.5 Å². The Hall–Kier alpha value is -2.14. The lowest BCUT2D eigenvalue weighted by molar-refractivity contribution is -0.0504. The Bertz CT molecular complexity index is 860. The number of methoxy groups -OCH3 is 1. The molecule has 33 heavy (non-hydrogen) atoms. The number of alkyl halides is 2. The van der Waals surface area contributed by atoms with Gasteiger partial charge in [-0.15, -0.1) is 24.0 Å². The minimum absolute atomic E-state index is 0. The zero-order valence-electron chi connectivity index (χ0n) is 19.1. The number of nitrogens with one attached hydrogen (secondary N) is 2. The van der Waals surface area contributed by atoms with Gasteiger partial charge < -0.3 is 20.1 Å². The molecule has 0 atom stereocenters. The van der Waals surface area contributed by atoms with Crippen LogP contribution in [0.2, 0.25) is 0 Å². The maximum Gasteiger partial charge on any atom is 0.387 e. The van der Waals surface area contributed by atoms with Gasteiger partial charge in [0.25, 0.3) is 0 Å². The van der Waals surface area contributed by atoms with Gasteiger partial charge >= 0.3 is 6.61 Å². The van der Waals surface area contributed by atoms with Crippen LogP contribution in [0.3, 0.4) is 0 Å². The average molecular weight is 574 g/mol. The van der Waals surface area contributed by atoms with E-state index in [1.54, 1.807) is 38.4 Å². The van der Waals surface area contributed by atoms with Crippen molar-refractivity contribution in [2.75, 3.05) is 33.8 Å². The van der Waals surface area contributed by atoms with Crippen molar-refractivity contribution in [3.05, 3.63) is 59.7 Å². The third-order valence-corrected chi connectivity index (χ3v) is 5.69. The lowest BCUT2D eigenvalue weighted by atomic mass is 9.96. The minimum Gasteiger partial charge on any atom is -0.497 e. The second-order valence-corrected chi connectivity index (χ2v) is 7.86. The SMILES string of the molecule is CN=C(NCc1ccccc1OC(F)F)NCC1CCN(Cc2ccc(OC)cc2)CC1.I. The van der Waals surface area contributed by atoms with Crippen LogP contribution >= 0.6 is 24.0 Å². The predicted molar refractivity (Wildman–Crippen MR) is 138 cm³/mol. The van der Waals surface area contributed by atoms with E-state index >= 15 is 0 Å². The number of guanidine groups is 1. The number of benzene rings is 2. The summed E-state index contributed by atoms with van der Waals surface area (Å²) < 4.78 is 35.0. The van der Waals surface area contributed by atoms with Crippen molar-refractivity contribution < 1.29 is 18.3 Å². The van der Waals surface area contributed by atoms with Gasteiger partial charge in [-0.2, -0.15) is 8.78 Å². The van der Waals surface area contributed by atoms with Crippen LogP contribution in [0.15, 0.2) is 53.5 Å². The summed E-state index contributed by atoms with van der Waals surface area (Å²) in [5, 5.41) is 6.55. The molecule has 2 N–H and O–H groups in total. The Morgan fingerprint density at radius 1 is 1.09 bits per heavy atom. The first-order valence-electron chi connectivity index (χ1n) is 10.9. The number of rotatable bonds is 9. The van der Waals surface area contributed by atoms with Gasteiger partial charge in [0.1, 0.15) is 11.5 Å². The zero-order valence-corrected chi connectivity index (χ0v) is 21.4. The number of likely N-dealkylation sites (tertiary alicyclic amines) is 1.